The summed E-state index contributed by atoms with van der Waals surface area (Å²) in [5, 5.41) is 13.3. The van der Waals surface area contributed by atoms with Gasteiger partial charge >= 0.3 is 0 Å². The Hall–Kier alpha value is -0.0800. The predicted molar refractivity (Wildman–Crippen MR) is 65.0 cm³/mol. The zero-order valence-corrected chi connectivity index (χ0v) is 10.2. The van der Waals surface area contributed by atoms with Gasteiger partial charge in [0.25, 0.3) is 0 Å². The molecule has 0 saturated carbocycles. The van der Waals surface area contributed by atoms with E-state index in [2.05, 4.69) is 12.2 Å². The Morgan fingerprint density at radius 3 is 2.33 bits per heavy atom. The number of unbranched alkanes of at least 4 members (excludes halogenated alkanes) is 6. The Balaban J connectivity index is 1.88. The predicted octanol–water partition coefficient (Wildman–Crippen LogP) is 2.85. The van der Waals surface area contributed by atoms with Crippen molar-refractivity contribution in [2.45, 2.75) is 70.3 Å². The van der Waals surface area contributed by atoms with Gasteiger partial charge in [-0.1, -0.05) is 51.9 Å². The first-order valence-electron chi connectivity index (χ1n) is 6.70. The molecule has 1 heterocycles. The fourth-order valence-electron chi connectivity index (χ4n) is 2.36. The minimum absolute atomic E-state index is 0.372. The first kappa shape index (κ1) is 13.0. The molecule has 90 valence electrons. The van der Waals surface area contributed by atoms with Crippen LogP contribution in [0.2, 0.25) is 0 Å². The van der Waals surface area contributed by atoms with Gasteiger partial charge in [-0.05, 0) is 19.4 Å². The van der Waals surface area contributed by atoms with Crippen molar-refractivity contribution in [2.24, 2.45) is 0 Å². The van der Waals surface area contributed by atoms with Crippen LogP contribution in [0, 0.1) is 0 Å². The van der Waals surface area contributed by atoms with Crippen molar-refractivity contribution >= 4 is 0 Å². The van der Waals surface area contributed by atoms with Gasteiger partial charge in [0.15, 0.2) is 0 Å². The lowest BCUT2D eigenvalue weighted by Gasteiger charge is -2.20. The highest BCUT2D eigenvalue weighted by Crippen LogP contribution is 2.22. The van der Waals surface area contributed by atoms with E-state index in [1.807, 2.05) is 0 Å². The van der Waals surface area contributed by atoms with Crippen LogP contribution in [0.25, 0.3) is 0 Å². The van der Waals surface area contributed by atoms with Crippen molar-refractivity contribution in [3.05, 3.63) is 0 Å². The van der Waals surface area contributed by atoms with E-state index in [1.165, 1.54) is 44.9 Å². The van der Waals surface area contributed by atoms with E-state index < -0.39 is 0 Å². The Kier molecular flexibility index (Phi) is 6.26. The van der Waals surface area contributed by atoms with Crippen LogP contribution in [0.5, 0.6) is 0 Å². The average molecular weight is 213 g/mol. The highest BCUT2D eigenvalue weighted by Gasteiger charge is 2.29. The highest BCUT2D eigenvalue weighted by atomic mass is 16.3. The van der Waals surface area contributed by atoms with Gasteiger partial charge in [0.05, 0.1) is 5.60 Å². The third-order valence-electron chi connectivity index (χ3n) is 3.47. The van der Waals surface area contributed by atoms with Crippen LogP contribution < -0.4 is 5.32 Å². The number of aliphatic hydroxyl groups is 1. The zero-order valence-electron chi connectivity index (χ0n) is 10.2. The first-order chi connectivity index (χ1) is 7.27. The molecule has 0 radical (unpaired) electrons. The minimum Gasteiger partial charge on any atom is -0.389 e. The molecule has 0 aromatic rings. The summed E-state index contributed by atoms with van der Waals surface area (Å²) in [6.07, 6.45) is 11.3. The number of nitrogens with one attached hydrogen (secondary N) is 1. The number of rotatable bonds is 8. The normalized spacial score (nSPS) is 26.0. The summed E-state index contributed by atoms with van der Waals surface area (Å²) in [7, 11) is 0. The molecule has 1 fully saturated rings. The summed E-state index contributed by atoms with van der Waals surface area (Å²) >= 11 is 0. The van der Waals surface area contributed by atoms with E-state index in [0.29, 0.717) is 0 Å². The van der Waals surface area contributed by atoms with Crippen molar-refractivity contribution < 1.29 is 5.11 Å². The van der Waals surface area contributed by atoms with E-state index in [-0.39, 0.29) is 5.60 Å². The molecule has 1 unspecified atom stereocenters. The molecular weight excluding hydrogens is 186 g/mol. The van der Waals surface area contributed by atoms with E-state index in [4.69, 9.17) is 0 Å². The van der Waals surface area contributed by atoms with E-state index in [1.54, 1.807) is 0 Å². The van der Waals surface area contributed by atoms with Gasteiger partial charge in [0.1, 0.15) is 0 Å². The Morgan fingerprint density at radius 2 is 1.73 bits per heavy atom. The molecule has 1 rings (SSSR count). The van der Waals surface area contributed by atoms with Crippen molar-refractivity contribution in [1.82, 2.24) is 5.32 Å². The van der Waals surface area contributed by atoms with Crippen molar-refractivity contribution in [2.75, 3.05) is 13.1 Å². The van der Waals surface area contributed by atoms with E-state index >= 15 is 0 Å². The third kappa shape index (κ3) is 5.53. The topological polar surface area (TPSA) is 32.3 Å². The van der Waals surface area contributed by atoms with Crippen molar-refractivity contribution in [3.8, 4) is 0 Å². The number of hydrogen-bond acceptors (Lipinski definition) is 2. The second kappa shape index (κ2) is 7.24. The Bertz CT molecular complexity index is 153. The van der Waals surface area contributed by atoms with Crippen LogP contribution in [0.3, 0.4) is 0 Å². The molecule has 2 N–H and O–H groups in total. The SMILES string of the molecule is CCCCCCCCCC1(O)CCNC1. The van der Waals surface area contributed by atoms with E-state index in [9.17, 15) is 5.11 Å². The molecule has 1 aliphatic heterocycles. The standard InChI is InChI=1S/C13H27NO/c1-2-3-4-5-6-7-8-9-13(15)10-11-14-12-13/h14-15H,2-12H2,1H3. The first-order valence-corrected chi connectivity index (χ1v) is 6.70. The molecule has 0 aromatic heterocycles. The molecule has 1 saturated heterocycles. The zero-order chi connectivity index (χ0) is 11.0. The molecular formula is C13H27NO. The quantitative estimate of drug-likeness (QED) is 0.608. The molecule has 0 amide bonds. The van der Waals surface area contributed by atoms with Crippen LogP contribution in [-0.4, -0.2) is 23.8 Å². The van der Waals surface area contributed by atoms with Gasteiger partial charge in [-0.15, -0.1) is 0 Å². The Labute approximate surface area is 94.5 Å². The molecule has 15 heavy (non-hydrogen) atoms. The van der Waals surface area contributed by atoms with E-state index in [0.717, 1.165) is 25.9 Å². The maximum atomic E-state index is 10.1. The maximum Gasteiger partial charge on any atom is 0.0783 e. The molecule has 0 aliphatic carbocycles. The van der Waals surface area contributed by atoms with Gasteiger partial charge in [0, 0.05) is 6.54 Å². The van der Waals surface area contributed by atoms with Gasteiger partial charge < -0.3 is 10.4 Å². The second-order valence-corrected chi connectivity index (χ2v) is 5.02. The van der Waals surface area contributed by atoms with Gasteiger partial charge in [-0.3, -0.25) is 0 Å². The van der Waals surface area contributed by atoms with Crippen molar-refractivity contribution in [3.63, 3.8) is 0 Å². The third-order valence-corrected chi connectivity index (χ3v) is 3.47. The molecule has 2 heteroatoms. The summed E-state index contributed by atoms with van der Waals surface area (Å²) in [5.74, 6) is 0. The maximum absolute atomic E-state index is 10.1. The summed E-state index contributed by atoms with van der Waals surface area (Å²) in [6, 6.07) is 0. The lowest BCUT2D eigenvalue weighted by Crippen LogP contribution is -2.30. The Morgan fingerprint density at radius 1 is 1.07 bits per heavy atom. The second-order valence-electron chi connectivity index (χ2n) is 5.02. The number of β-amino-alcohol motifs (C(OH)–C–C–N with tert-alkyl or cyclic N) is 1. The number of hydrogen-bond donors (Lipinski definition) is 2. The average Bonchev–Trinajstić information content (AvgIpc) is 2.64. The lowest BCUT2D eigenvalue weighted by atomic mass is 9.95. The highest BCUT2D eigenvalue weighted by molar-refractivity contribution is 4.87. The fourth-order valence-corrected chi connectivity index (χ4v) is 2.36. The molecule has 1 atom stereocenters. The molecule has 0 aromatic carbocycles. The van der Waals surface area contributed by atoms with Crippen LogP contribution in [0.4, 0.5) is 0 Å². The van der Waals surface area contributed by atoms with Gasteiger partial charge in [-0.25, -0.2) is 0 Å². The largest absolute Gasteiger partial charge is 0.389 e. The summed E-state index contributed by atoms with van der Waals surface area (Å²) in [6.45, 7) is 4.05. The van der Waals surface area contributed by atoms with Gasteiger partial charge in [0.2, 0.25) is 0 Å². The summed E-state index contributed by atoms with van der Waals surface area (Å²) in [5.41, 5.74) is -0.372. The summed E-state index contributed by atoms with van der Waals surface area (Å²) in [4.78, 5) is 0. The van der Waals surface area contributed by atoms with Crippen LogP contribution in [-0.2, 0) is 0 Å². The van der Waals surface area contributed by atoms with Gasteiger partial charge in [-0.2, -0.15) is 0 Å². The monoisotopic (exact) mass is 213 g/mol. The van der Waals surface area contributed by atoms with Crippen molar-refractivity contribution in [1.29, 1.82) is 0 Å². The lowest BCUT2D eigenvalue weighted by molar-refractivity contribution is 0.0495. The summed E-state index contributed by atoms with van der Waals surface area (Å²) < 4.78 is 0. The fraction of sp³-hybridized carbons (Fsp3) is 1.00. The smallest absolute Gasteiger partial charge is 0.0783 e. The van der Waals surface area contributed by atoms with Crippen LogP contribution >= 0.6 is 0 Å². The molecule has 1 aliphatic rings. The minimum atomic E-state index is -0.372. The van der Waals surface area contributed by atoms with Crippen LogP contribution in [0.15, 0.2) is 0 Å². The molecule has 0 spiro atoms. The molecule has 0 bridgehead atoms. The molecule has 2 nitrogen and oxygen atoms in total. The van der Waals surface area contributed by atoms with Crippen LogP contribution in [0.1, 0.15) is 64.7 Å².